The van der Waals surface area contributed by atoms with Crippen LogP contribution in [0.5, 0.6) is 0 Å². The molecule has 0 spiro atoms. The van der Waals surface area contributed by atoms with Gasteiger partial charge >= 0.3 is 5.69 Å². The number of hydrogen-bond acceptors (Lipinski definition) is 6. The summed E-state index contributed by atoms with van der Waals surface area (Å²) in [6.45, 7) is 0.475. The quantitative estimate of drug-likeness (QED) is 0.872. The van der Waals surface area contributed by atoms with Gasteiger partial charge < -0.3 is 10.2 Å². The molecule has 0 aromatic carbocycles. The first kappa shape index (κ1) is 17.0. The van der Waals surface area contributed by atoms with Crippen LogP contribution >= 0.6 is 11.3 Å². The van der Waals surface area contributed by atoms with Crippen LogP contribution in [0.15, 0.2) is 27.1 Å². The maximum absolute atomic E-state index is 12.1. The van der Waals surface area contributed by atoms with Crippen molar-refractivity contribution in [3.63, 3.8) is 0 Å². The fourth-order valence-corrected chi connectivity index (χ4v) is 3.29. The smallest absolute Gasteiger partial charge is 0.332 e. The Kier molecular flexibility index (Phi) is 5.03. The fourth-order valence-electron chi connectivity index (χ4n) is 2.36. The van der Waals surface area contributed by atoms with Crippen molar-refractivity contribution in [2.45, 2.75) is 6.04 Å². The summed E-state index contributed by atoms with van der Waals surface area (Å²) in [5.41, 5.74) is -1.11. The fraction of sp³-hybridized carbons (Fsp3) is 0.400. The highest BCUT2D eigenvalue weighted by Gasteiger charge is 2.19. The SMILES string of the molecule is CN(C)[C@@H](CNc1c(C#N)c(=O)n(C)c(=O)n1C)c1cccs1. The van der Waals surface area contributed by atoms with Crippen LogP contribution in [0.25, 0.3) is 0 Å². The lowest BCUT2D eigenvalue weighted by Gasteiger charge is -2.25. The summed E-state index contributed by atoms with van der Waals surface area (Å²) in [6, 6.07) is 5.97. The lowest BCUT2D eigenvalue weighted by molar-refractivity contribution is 0.315. The van der Waals surface area contributed by atoms with E-state index in [1.54, 1.807) is 18.4 Å². The maximum atomic E-state index is 12.1. The molecule has 0 bridgehead atoms. The highest BCUT2D eigenvalue weighted by atomic mass is 32.1. The van der Waals surface area contributed by atoms with Gasteiger partial charge in [-0.15, -0.1) is 11.3 Å². The summed E-state index contributed by atoms with van der Waals surface area (Å²) in [4.78, 5) is 27.3. The minimum atomic E-state index is -0.587. The minimum Gasteiger partial charge on any atom is -0.368 e. The van der Waals surface area contributed by atoms with Gasteiger partial charge in [-0.25, -0.2) is 4.79 Å². The monoisotopic (exact) mass is 333 g/mol. The Morgan fingerprint density at radius 2 is 2.04 bits per heavy atom. The summed E-state index contributed by atoms with van der Waals surface area (Å²) in [6.07, 6.45) is 0. The standard InChI is InChI=1S/C15H19N5O2S/c1-18(2)11(12-6-5-7-23-12)9-17-13-10(8-16)14(21)20(4)15(22)19(13)3/h5-7,11,17H,9H2,1-4H3/t11-/m0/s1. The predicted molar refractivity (Wildman–Crippen MR) is 90.9 cm³/mol. The number of nitriles is 1. The molecular formula is C15H19N5O2S. The van der Waals surface area contributed by atoms with Crippen LogP contribution in [0, 0.1) is 11.3 Å². The molecule has 0 saturated heterocycles. The molecule has 0 aliphatic carbocycles. The third-order valence-electron chi connectivity index (χ3n) is 3.73. The summed E-state index contributed by atoms with van der Waals surface area (Å²) in [5.74, 6) is 0.254. The number of nitrogens with one attached hydrogen (secondary N) is 1. The number of hydrogen-bond donors (Lipinski definition) is 1. The van der Waals surface area contributed by atoms with E-state index in [-0.39, 0.29) is 17.4 Å². The van der Waals surface area contributed by atoms with Crippen molar-refractivity contribution < 1.29 is 0 Å². The summed E-state index contributed by atoms with van der Waals surface area (Å²) < 4.78 is 2.23. The van der Waals surface area contributed by atoms with Gasteiger partial charge in [-0.3, -0.25) is 13.9 Å². The normalized spacial score (nSPS) is 12.2. The second kappa shape index (κ2) is 6.81. The molecule has 0 fully saturated rings. The molecule has 1 atom stereocenters. The first-order valence-electron chi connectivity index (χ1n) is 7.02. The van der Waals surface area contributed by atoms with Crippen LogP contribution in [0.3, 0.4) is 0 Å². The van der Waals surface area contributed by atoms with Gasteiger partial charge in [-0.05, 0) is 25.5 Å². The molecule has 2 rings (SSSR count). The molecule has 2 heterocycles. The number of aromatic nitrogens is 2. The van der Waals surface area contributed by atoms with Gasteiger partial charge in [-0.2, -0.15) is 5.26 Å². The Morgan fingerprint density at radius 3 is 2.57 bits per heavy atom. The van der Waals surface area contributed by atoms with E-state index in [0.717, 1.165) is 9.44 Å². The van der Waals surface area contributed by atoms with Gasteiger partial charge in [0.25, 0.3) is 5.56 Å². The average Bonchev–Trinajstić information content (AvgIpc) is 3.04. The number of thiophene rings is 1. The molecule has 0 aliphatic heterocycles. The molecule has 2 aromatic rings. The molecular weight excluding hydrogens is 314 g/mol. The van der Waals surface area contributed by atoms with Gasteiger partial charge in [0.2, 0.25) is 0 Å². The minimum absolute atomic E-state index is 0.0571. The first-order chi connectivity index (χ1) is 10.9. The third kappa shape index (κ3) is 3.21. The number of likely N-dealkylation sites (N-methyl/N-ethyl adjacent to an activating group) is 1. The second-order valence-electron chi connectivity index (χ2n) is 5.42. The molecule has 1 N–H and O–H groups in total. The molecule has 0 aliphatic rings. The summed E-state index contributed by atoms with van der Waals surface area (Å²) >= 11 is 1.64. The first-order valence-corrected chi connectivity index (χ1v) is 7.90. The van der Waals surface area contributed by atoms with E-state index in [9.17, 15) is 14.9 Å². The average molecular weight is 333 g/mol. The van der Waals surface area contributed by atoms with E-state index in [4.69, 9.17) is 0 Å². The largest absolute Gasteiger partial charge is 0.368 e. The highest BCUT2D eigenvalue weighted by molar-refractivity contribution is 7.10. The Bertz CT molecular complexity index is 842. The molecule has 122 valence electrons. The van der Waals surface area contributed by atoms with Crippen molar-refractivity contribution in [3.05, 3.63) is 48.8 Å². The van der Waals surface area contributed by atoms with Crippen LogP contribution in [0.1, 0.15) is 16.5 Å². The number of anilines is 1. The summed E-state index contributed by atoms with van der Waals surface area (Å²) in [7, 11) is 6.82. The Morgan fingerprint density at radius 1 is 1.35 bits per heavy atom. The Balaban J connectivity index is 2.39. The highest BCUT2D eigenvalue weighted by Crippen LogP contribution is 2.23. The zero-order chi connectivity index (χ0) is 17.1. The van der Waals surface area contributed by atoms with Crippen molar-refractivity contribution in [1.29, 1.82) is 5.26 Å². The van der Waals surface area contributed by atoms with Crippen molar-refractivity contribution in [2.75, 3.05) is 26.0 Å². The Hall–Kier alpha value is -2.37. The third-order valence-corrected chi connectivity index (χ3v) is 4.71. The van der Waals surface area contributed by atoms with E-state index >= 15 is 0 Å². The van der Waals surface area contributed by atoms with Gasteiger partial charge in [0.1, 0.15) is 11.9 Å². The molecule has 0 amide bonds. The molecule has 2 aromatic heterocycles. The molecule has 7 nitrogen and oxygen atoms in total. The van der Waals surface area contributed by atoms with Gasteiger partial charge in [0.15, 0.2) is 5.56 Å². The Labute approximate surface area is 138 Å². The number of nitrogens with zero attached hydrogens (tertiary/aromatic N) is 4. The van der Waals surface area contributed by atoms with Crippen LogP contribution in [0.4, 0.5) is 5.82 Å². The molecule has 8 heteroatoms. The van der Waals surface area contributed by atoms with Crippen molar-refractivity contribution in [3.8, 4) is 6.07 Å². The van der Waals surface area contributed by atoms with Crippen molar-refractivity contribution in [1.82, 2.24) is 14.0 Å². The summed E-state index contributed by atoms with van der Waals surface area (Å²) in [5, 5.41) is 14.4. The zero-order valence-corrected chi connectivity index (χ0v) is 14.3. The second-order valence-corrected chi connectivity index (χ2v) is 6.40. The number of rotatable bonds is 5. The zero-order valence-electron chi connectivity index (χ0n) is 13.5. The van der Waals surface area contributed by atoms with Gasteiger partial charge in [0.05, 0.1) is 6.04 Å². The molecule has 0 radical (unpaired) electrons. The lowest BCUT2D eigenvalue weighted by atomic mass is 10.2. The van der Waals surface area contributed by atoms with E-state index in [1.165, 1.54) is 11.6 Å². The van der Waals surface area contributed by atoms with E-state index in [0.29, 0.717) is 6.54 Å². The van der Waals surface area contributed by atoms with Crippen LogP contribution in [0.2, 0.25) is 0 Å². The van der Waals surface area contributed by atoms with Crippen LogP contribution in [-0.4, -0.2) is 34.7 Å². The van der Waals surface area contributed by atoms with Crippen LogP contribution in [-0.2, 0) is 14.1 Å². The predicted octanol–water partition coefficient (Wildman–Crippen LogP) is 0.732. The van der Waals surface area contributed by atoms with Crippen molar-refractivity contribution >= 4 is 17.2 Å². The maximum Gasteiger partial charge on any atom is 0.332 e. The van der Waals surface area contributed by atoms with Gasteiger partial charge in [-0.1, -0.05) is 6.07 Å². The van der Waals surface area contributed by atoms with E-state index in [1.807, 2.05) is 42.6 Å². The van der Waals surface area contributed by atoms with E-state index in [2.05, 4.69) is 5.32 Å². The van der Waals surface area contributed by atoms with Crippen molar-refractivity contribution in [2.24, 2.45) is 14.1 Å². The molecule has 23 heavy (non-hydrogen) atoms. The van der Waals surface area contributed by atoms with Gasteiger partial charge in [0, 0.05) is 25.5 Å². The topological polar surface area (TPSA) is 83.1 Å². The lowest BCUT2D eigenvalue weighted by Crippen LogP contribution is -2.40. The van der Waals surface area contributed by atoms with E-state index < -0.39 is 11.2 Å². The molecule has 0 saturated carbocycles. The molecule has 0 unspecified atom stereocenters. The van der Waals surface area contributed by atoms with Crippen LogP contribution < -0.4 is 16.6 Å².